The minimum absolute atomic E-state index is 0.143. The van der Waals surface area contributed by atoms with Crippen molar-refractivity contribution in [1.29, 1.82) is 0 Å². The Morgan fingerprint density at radius 2 is 2.18 bits per heavy atom. The molecule has 0 aromatic carbocycles. The van der Waals surface area contributed by atoms with Crippen LogP contribution in [0.15, 0.2) is 34.5 Å². The number of thioether (sulfide) groups is 1. The monoisotopic (exact) mass is 341 g/mol. The van der Waals surface area contributed by atoms with Gasteiger partial charge in [0.2, 0.25) is 0 Å². The molecule has 1 amide bonds. The van der Waals surface area contributed by atoms with Gasteiger partial charge in [-0.1, -0.05) is 37.0 Å². The van der Waals surface area contributed by atoms with Gasteiger partial charge in [0.1, 0.15) is 22.2 Å². The smallest absolute Gasteiger partial charge is 0.323 e. The number of aliphatic hydroxyl groups is 2. The van der Waals surface area contributed by atoms with Crippen LogP contribution in [0.5, 0.6) is 0 Å². The van der Waals surface area contributed by atoms with E-state index in [0.717, 1.165) is 16.7 Å². The van der Waals surface area contributed by atoms with E-state index >= 15 is 0 Å². The molecule has 1 heterocycles. The number of carboxylic acid groups (broad SMARTS) is 1. The van der Waals surface area contributed by atoms with Crippen LogP contribution < -0.4 is 0 Å². The van der Waals surface area contributed by atoms with Crippen LogP contribution in [0.2, 0.25) is 0 Å². The number of aliphatic carboxylic acids is 1. The maximum atomic E-state index is 12.2. The van der Waals surface area contributed by atoms with Crippen LogP contribution in [-0.2, 0) is 9.59 Å². The van der Waals surface area contributed by atoms with Crippen LogP contribution in [-0.4, -0.2) is 48.6 Å². The van der Waals surface area contributed by atoms with Crippen molar-refractivity contribution in [2.75, 3.05) is 6.54 Å². The van der Waals surface area contributed by atoms with Crippen LogP contribution >= 0.6 is 24.0 Å². The lowest BCUT2D eigenvalue weighted by molar-refractivity contribution is -0.140. The summed E-state index contributed by atoms with van der Waals surface area (Å²) in [6, 6.07) is 0. The first-order chi connectivity index (χ1) is 10.1. The van der Waals surface area contributed by atoms with Crippen molar-refractivity contribution in [3.63, 3.8) is 0 Å². The summed E-state index contributed by atoms with van der Waals surface area (Å²) < 4.78 is 0.188. The number of hydrogen-bond acceptors (Lipinski definition) is 6. The van der Waals surface area contributed by atoms with E-state index < -0.39 is 29.9 Å². The Kier molecular flexibility index (Phi) is 4.46. The van der Waals surface area contributed by atoms with Gasteiger partial charge in [-0.05, 0) is 24.6 Å². The molecule has 1 fully saturated rings. The van der Waals surface area contributed by atoms with E-state index in [4.69, 9.17) is 17.3 Å². The van der Waals surface area contributed by atoms with E-state index in [1.807, 2.05) is 0 Å². The fraction of sp³-hybridized carbons (Fsp3) is 0.357. The maximum absolute atomic E-state index is 12.2. The number of thiocarbonyl (C=S) groups is 1. The van der Waals surface area contributed by atoms with Gasteiger partial charge in [0.25, 0.3) is 5.91 Å². The molecule has 0 saturated carbocycles. The van der Waals surface area contributed by atoms with Gasteiger partial charge in [-0.2, -0.15) is 0 Å². The Labute approximate surface area is 136 Å². The van der Waals surface area contributed by atoms with Crippen molar-refractivity contribution in [2.24, 2.45) is 5.92 Å². The van der Waals surface area contributed by atoms with Gasteiger partial charge in [-0.3, -0.25) is 14.5 Å². The van der Waals surface area contributed by atoms with E-state index in [-0.39, 0.29) is 10.1 Å². The predicted octanol–water partition coefficient (Wildman–Crippen LogP) is 1.58. The van der Waals surface area contributed by atoms with Crippen LogP contribution in [0, 0.1) is 5.92 Å². The second kappa shape index (κ2) is 5.86. The van der Waals surface area contributed by atoms with Gasteiger partial charge in [0.15, 0.2) is 0 Å². The molecule has 3 N–H and O–H groups in total. The molecular formula is C14H15NO5S2. The fourth-order valence-electron chi connectivity index (χ4n) is 2.13. The highest BCUT2D eigenvalue weighted by atomic mass is 32.2. The third-order valence-electron chi connectivity index (χ3n) is 3.76. The van der Waals surface area contributed by atoms with Crippen molar-refractivity contribution in [3.8, 4) is 0 Å². The molecule has 22 heavy (non-hydrogen) atoms. The van der Waals surface area contributed by atoms with Crippen molar-refractivity contribution in [3.05, 3.63) is 34.5 Å². The second-order valence-electron chi connectivity index (χ2n) is 5.25. The Hall–Kier alpha value is -1.64. The number of hydrogen-bond donors (Lipinski definition) is 3. The summed E-state index contributed by atoms with van der Waals surface area (Å²) in [5.74, 6) is -2.18. The number of rotatable bonds is 3. The Morgan fingerprint density at radius 3 is 2.77 bits per heavy atom. The number of carboxylic acids is 1. The standard InChI is InChI=1S/C14H15NO5S2/c1-7-8(3-4-10(16)14(7,2)20)5-9-12(19)15(6-11(17)18)13(21)22-9/h3-5,7,16,20H,6H2,1-2H3,(H,17,18). The van der Waals surface area contributed by atoms with Gasteiger partial charge >= 0.3 is 5.97 Å². The molecule has 1 aliphatic carbocycles. The molecule has 2 rings (SSSR count). The third-order valence-corrected chi connectivity index (χ3v) is 5.14. The van der Waals surface area contributed by atoms with Gasteiger partial charge in [-0.25, -0.2) is 0 Å². The van der Waals surface area contributed by atoms with Gasteiger partial charge in [-0.15, -0.1) is 0 Å². The summed E-state index contributed by atoms with van der Waals surface area (Å²) in [6.45, 7) is 2.73. The zero-order valence-corrected chi connectivity index (χ0v) is 13.6. The van der Waals surface area contributed by atoms with Crippen molar-refractivity contribution < 1.29 is 24.9 Å². The number of allylic oxidation sites excluding steroid dienone is 3. The molecule has 0 aromatic rings. The van der Waals surface area contributed by atoms with E-state index in [1.54, 1.807) is 19.1 Å². The molecule has 2 unspecified atom stereocenters. The lowest BCUT2D eigenvalue weighted by atomic mass is 9.79. The molecule has 0 radical (unpaired) electrons. The highest BCUT2D eigenvalue weighted by Crippen LogP contribution is 2.38. The van der Waals surface area contributed by atoms with E-state index in [0.29, 0.717) is 10.5 Å². The van der Waals surface area contributed by atoms with Crippen molar-refractivity contribution >= 4 is 40.2 Å². The van der Waals surface area contributed by atoms with Crippen molar-refractivity contribution in [2.45, 2.75) is 19.4 Å². The first kappa shape index (κ1) is 16.7. The normalized spacial score (nSPS) is 30.6. The van der Waals surface area contributed by atoms with Gasteiger partial charge in [0.05, 0.1) is 4.91 Å². The molecule has 2 aliphatic rings. The van der Waals surface area contributed by atoms with E-state index in [9.17, 15) is 19.8 Å². The highest BCUT2D eigenvalue weighted by molar-refractivity contribution is 8.26. The van der Waals surface area contributed by atoms with Crippen LogP contribution in [0.1, 0.15) is 13.8 Å². The molecule has 8 heteroatoms. The predicted molar refractivity (Wildman–Crippen MR) is 86.2 cm³/mol. The minimum atomic E-state index is -1.42. The topological polar surface area (TPSA) is 98.1 Å². The molecular weight excluding hydrogens is 326 g/mol. The molecule has 0 aromatic heterocycles. The Balaban J connectivity index is 2.30. The number of aliphatic hydroxyl groups excluding tert-OH is 1. The molecule has 0 spiro atoms. The number of carbonyl (C=O) groups excluding carboxylic acids is 1. The fourth-order valence-corrected chi connectivity index (χ4v) is 3.39. The molecule has 2 atom stereocenters. The summed E-state index contributed by atoms with van der Waals surface area (Å²) in [4.78, 5) is 24.3. The Morgan fingerprint density at radius 1 is 1.55 bits per heavy atom. The summed E-state index contributed by atoms with van der Waals surface area (Å²) in [7, 11) is 0. The van der Waals surface area contributed by atoms with Gasteiger partial charge in [0, 0.05) is 5.92 Å². The molecule has 1 aliphatic heterocycles. The lowest BCUT2D eigenvalue weighted by Gasteiger charge is -2.33. The van der Waals surface area contributed by atoms with E-state index in [2.05, 4.69) is 0 Å². The van der Waals surface area contributed by atoms with E-state index in [1.165, 1.54) is 13.0 Å². The number of carbonyl (C=O) groups is 2. The highest BCUT2D eigenvalue weighted by Gasteiger charge is 2.38. The number of amides is 1. The molecule has 0 bridgehead atoms. The van der Waals surface area contributed by atoms with Crippen molar-refractivity contribution in [1.82, 2.24) is 4.90 Å². The first-order valence-corrected chi connectivity index (χ1v) is 7.68. The maximum Gasteiger partial charge on any atom is 0.323 e. The molecule has 1 saturated heterocycles. The molecule has 6 nitrogen and oxygen atoms in total. The average molecular weight is 341 g/mol. The SMILES string of the molecule is CC1C(C=C2SC(=S)N(CC(=O)O)C2=O)=CC=C(O)C1(C)O. The van der Waals surface area contributed by atoms with Gasteiger partial charge < -0.3 is 15.3 Å². The number of nitrogens with zero attached hydrogens (tertiary/aromatic N) is 1. The summed E-state index contributed by atoms with van der Waals surface area (Å²) in [5, 5.41) is 28.7. The third kappa shape index (κ3) is 2.94. The van der Waals surface area contributed by atoms with Crippen LogP contribution in [0.4, 0.5) is 0 Å². The largest absolute Gasteiger partial charge is 0.509 e. The summed E-state index contributed by atoms with van der Waals surface area (Å²) in [5.41, 5.74) is -0.770. The zero-order valence-electron chi connectivity index (χ0n) is 11.9. The van der Waals surface area contributed by atoms with Crippen LogP contribution in [0.25, 0.3) is 0 Å². The second-order valence-corrected chi connectivity index (χ2v) is 6.93. The Bertz CT molecular complexity index is 648. The molecule has 118 valence electrons. The lowest BCUT2D eigenvalue weighted by Crippen LogP contribution is -2.37. The summed E-state index contributed by atoms with van der Waals surface area (Å²) >= 11 is 6.04. The minimum Gasteiger partial charge on any atom is -0.509 e. The average Bonchev–Trinajstić information content (AvgIpc) is 2.67. The van der Waals surface area contributed by atoms with Crippen LogP contribution in [0.3, 0.4) is 0 Å². The quantitative estimate of drug-likeness (QED) is 0.529. The first-order valence-electron chi connectivity index (χ1n) is 6.45. The zero-order chi connectivity index (χ0) is 16.7. The summed E-state index contributed by atoms with van der Waals surface area (Å²) in [6.07, 6.45) is 4.56.